The van der Waals surface area contributed by atoms with Crippen molar-refractivity contribution >= 4 is 58.8 Å². The number of carbonyl (C=O) groups is 2. The predicted octanol–water partition coefficient (Wildman–Crippen LogP) is 6.00. The van der Waals surface area contributed by atoms with Crippen molar-refractivity contribution in [1.82, 2.24) is 0 Å². The molecule has 0 radical (unpaired) electrons. The van der Waals surface area contributed by atoms with Crippen LogP contribution < -0.4 is 0 Å². The van der Waals surface area contributed by atoms with E-state index in [1.165, 1.54) is 45.2 Å². The van der Waals surface area contributed by atoms with E-state index < -0.39 is 0 Å². The Labute approximate surface area is 163 Å². The minimum atomic E-state index is 0.246. The first kappa shape index (κ1) is 16.6. The van der Waals surface area contributed by atoms with E-state index in [9.17, 15) is 9.59 Å². The van der Waals surface area contributed by atoms with Crippen molar-refractivity contribution in [3.63, 3.8) is 0 Å². The molecular weight excluding hydrogens is 388 g/mol. The molecular formula is C19H18O2S4. The Morgan fingerprint density at radius 1 is 1.12 bits per heavy atom. The normalized spacial score (nSPS) is 32.0. The van der Waals surface area contributed by atoms with Crippen LogP contribution in [-0.4, -0.2) is 23.1 Å². The minimum Gasteiger partial charge on any atom is -0.297 e. The quantitative estimate of drug-likeness (QED) is 0.583. The lowest BCUT2D eigenvalue weighted by Gasteiger charge is -2.44. The zero-order valence-electron chi connectivity index (χ0n) is 13.8. The molecule has 0 bridgehead atoms. The highest BCUT2D eigenvalue weighted by atomic mass is 32.2. The van der Waals surface area contributed by atoms with Gasteiger partial charge < -0.3 is 0 Å². The molecule has 2 aromatic heterocycles. The van der Waals surface area contributed by atoms with E-state index in [2.05, 4.69) is 19.1 Å². The smallest absolute Gasteiger partial charge is 0.160 e. The monoisotopic (exact) mass is 406 g/mol. The van der Waals surface area contributed by atoms with Gasteiger partial charge in [-0.1, -0.05) is 13.3 Å². The van der Waals surface area contributed by atoms with Gasteiger partial charge in [0.2, 0.25) is 0 Å². The van der Waals surface area contributed by atoms with Gasteiger partial charge in [0.25, 0.3) is 0 Å². The molecule has 25 heavy (non-hydrogen) atoms. The van der Waals surface area contributed by atoms with E-state index in [1.807, 2.05) is 23.5 Å². The van der Waals surface area contributed by atoms with Crippen LogP contribution in [0.1, 0.15) is 67.6 Å². The highest BCUT2D eigenvalue weighted by Crippen LogP contribution is 2.67. The molecule has 0 saturated heterocycles. The third kappa shape index (κ3) is 2.30. The Hall–Kier alpha value is -0.560. The second kappa shape index (κ2) is 5.98. The first-order valence-electron chi connectivity index (χ1n) is 8.70. The molecule has 0 spiro atoms. The van der Waals surface area contributed by atoms with E-state index in [1.54, 1.807) is 22.7 Å². The van der Waals surface area contributed by atoms with Gasteiger partial charge in [0.15, 0.2) is 12.6 Å². The highest BCUT2D eigenvalue weighted by molar-refractivity contribution is 8.01. The Morgan fingerprint density at radius 3 is 2.64 bits per heavy atom. The first-order chi connectivity index (χ1) is 12.2. The maximum absolute atomic E-state index is 11.3. The lowest BCUT2D eigenvalue weighted by molar-refractivity contribution is 0.111. The van der Waals surface area contributed by atoms with Crippen molar-refractivity contribution in [2.75, 3.05) is 0 Å². The van der Waals surface area contributed by atoms with Gasteiger partial charge in [-0.25, -0.2) is 0 Å². The third-order valence-corrected chi connectivity index (χ3v) is 11.4. The first-order valence-corrected chi connectivity index (χ1v) is 12.1. The fourth-order valence-electron chi connectivity index (χ4n) is 4.88. The van der Waals surface area contributed by atoms with Gasteiger partial charge >= 0.3 is 0 Å². The van der Waals surface area contributed by atoms with E-state index in [0.717, 1.165) is 22.3 Å². The summed E-state index contributed by atoms with van der Waals surface area (Å²) in [5.74, 6) is 0.598. The Balaban J connectivity index is 1.53. The van der Waals surface area contributed by atoms with Crippen molar-refractivity contribution in [3.8, 4) is 0 Å². The van der Waals surface area contributed by atoms with Crippen LogP contribution in [0.3, 0.4) is 0 Å². The molecule has 5 rings (SSSR count). The maximum Gasteiger partial charge on any atom is 0.160 e. The van der Waals surface area contributed by atoms with Crippen LogP contribution in [0.15, 0.2) is 21.9 Å². The summed E-state index contributed by atoms with van der Waals surface area (Å²) in [4.78, 5) is 29.8. The van der Waals surface area contributed by atoms with Gasteiger partial charge in [0.05, 0.1) is 9.75 Å². The number of fused-ring (bicyclic) bond motifs is 6. The molecule has 2 aromatic rings. The van der Waals surface area contributed by atoms with E-state index in [-0.39, 0.29) is 5.41 Å². The number of hydrogen-bond acceptors (Lipinski definition) is 6. The van der Waals surface area contributed by atoms with Gasteiger partial charge in [-0.05, 0) is 31.4 Å². The van der Waals surface area contributed by atoms with Crippen molar-refractivity contribution in [2.24, 2.45) is 0 Å². The molecule has 2 aliphatic heterocycles. The molecule has 0 aromatic carbocycles. The number of carbonyl (C=O) groups excluding carboxylic acids is 2. The molecule has 130 valence electrons. The average Bonchev–Trinajstić information content (AvgIpc) is 3.31. The van der Waals surface area contributed by atoms with Crippen LogP contribution >= 0.6 is 46.2 Å². The largest absolute Gasteiger partial charge is 0.297 e. The summed E-state index contributed by atoms with van der Waals surface area (Å²) < 4.78 is 0. The van der Waals surface area contributed by atoms with Crippen LogP contribution in [0.4, 0.5) is 0 Å². The predicted molar refractivity (Wildman–Crippen MR) is 107 cm³/mol. The fraction of sp³-hybridized carbons (Fsp3) is 0.474. The molecule has 4 heterocycles. The molecule has 1 fully saturated rings. The molecule has 1 saturated carbocycles. The number of hydrogen-bond donors (Lipinski definition) is 0. The molecule has 1 aliphatic carbocycles. The second-order valence-electron chi connectivity index (χ2n) is 7.17. The van der Waals surface area contributed by atoms with Crippen LogP contribution in [0.5, 0.6) is 0 Å². The van der Waals surface area contributed by atoms with Crippen molar-refractivity contribution in [2.45, 2.75) is 64.2 Å². The van der Waals surface area contributed by atoms with Crippen molar-refractivity contribution in [3.05, 3.63) is 31.6 Å². The minimum absolute atomic E-state index is 0.246. The lowest BCUT2D eigenvalue weighted by atomic mass is 9.66. The molecule has 0 N–H and O–H groups in total. The lowest BCUT2D eigenvalue weighted by Crippen LogP contribution is -2.43. The van der Waals surface area contributed by atoms with Crippen LogP contribution in [0.2, 0.25) is 0 Å². The molecule has 0 amide bonds. The average molecular weight is 407 g/mol. The van der Waals surface area contributed by atoms with Crippen LogP contribution in [0, 0.1) is 0 Å². The molecule has 4 atom stereocenters. The number of aldehydes is 2. The number of thioether (sulfide) groups is 2. The summed E-state index contributed by atoms with van der Waals surface area (Å²) in [6.45, 7) is 2.28. The summed E-state index contributed by atoms with van der Waals surface area (Å²) in [7, 11) is 0. The van der Waals surface area contributed by atoms with Gasteiger partial charge in [0.1, 0.15) is 0 Å². The maximum atomic E-state index is 11.3. The van der Waals surface area contributed by atoms with Crippen LogP contribution in [0.25, 0.3) is 0 Å². The topological polar surface area (TPSA) is 34.1 Å². The van der Waals surface area contributed by atoms with Gasteiger partial charge in [0, 0.05) is 41.4 Å². The Bertz CT molecular complexity index is 867. The van der Waals surface area contributed by atoms with Crippen LogP contribution in [-0.2, 0) is 5.41 Å². The Kier molecular flexibility index (Phi) is 3.97. The zero-order chi connectivity index (χ0) is 17.2. The van der Waals surface area contributed by atoms with Crippen molar-refractivity contribution < 1.29 is 9.59 Å². The summed E-state index contributed by atoms with van der Waals surface area (Å²) in [6, 6.07) is 4.20. The van der Waals surface area contributed by atoms with E-state index in [0.29, 0.717) is 16.4 Å². The van der Waals surface area contributed by atoms with E-state index in [4.69, 9.17) is 0 Å². The Morgan fingerprint density at radius 2 is 1.88 bits per heavy atom. The SMILES string of the molecule is CCCC12CC3Sc4cc(C=O)sc4C3CC1Sc1cc(C=O)sc12. The van der Waals surface area contributed by atoms with E-state index >= 15 is 0 Å². The van der Waals surface area contributed by atoms with Gasteiger partial charge in [-0.2, -0.15) is 0 Å². The highest BCUT2D eigenvalue weighted by Gasteiger charge is 2.56. The van der Waals surface area contributed by atoms with Gasteiger partial charge in [-0.3, -0.25) is 9.59 Å². The summed E-state index contributed by atoms with van der Waals surface area (Å²) >= 11 is 7.44. The second-order valence-corrected chi connectivity index (χ2v) is 11.9. The number of thiophene rings is 2. The molecule has 2 nitrogen and oxygen atoms in total. The summed E-state index contributed by atoms with van der Waals surface area (Å²) in [5.41, 5.74) is 0.246. The summed E-state index contributed by atoms with van der Waals surface area (Å²) in [5, 5.41) is 1.24. The standard InChI is InChI=1S/C19H18O2S4/c1-2-3-19-7-15-12(17-13(24-15)4-10(8-20)22-17)6-16(19)25-14-5-11(9-21)23-18(14)19/h4-5,8-9,12,15-16H,2-3,6-7H2,1H3. The molecule has 4 unspecified atom stereocenters. The zero-order valence-corrected chi connectivity index (χ0v) is 17.1. The molecule has 3 aliphatic rings. The van der Waals surface area contributed by atoms with Crippen molar-refractivity contribution in [1.29, 1.82) is 0 Å². The van der Waals surface area contributed by atoms with Gasteiger partial charge in [-0.15, -0.1) is 46.2 Å². The third-order valence-electron chi connectivity index (χ3n) is 5.82. The number of rotatable bonds is 4. The fourth-order valence-corrected chi connectivity index (χ4v) is 11.2. The molecule has 6 heteroatoms. The summed E-state index contributed by atoms with van der Waals surface area (Å²) in [6.07, 6.45) is 6.80.